The van der Waals surface area contributed by atoms with E-state index in [1.54, 1.807) is 0 Å². The third kappa shape index (κ3) is 1.39. The molecule has 0 radical (unpaired) electrons. The first kappa shape index (κ1) is 4.37. The highest BCUT2D eigenvalue weighted by Crippen LogP contribution is 2.18. The summed E-state index contributed by atoms with van der Waals surface area (Å²) in [6.45, 7) is 1.40. The van der Waals surface area contributed by atoms with Gasteiger partial charge in [-0.25, -0.2) is 0 Å². The number of carbonyl (C=O) groups is 1. The lowest BCUT2D eigenvalue weighted by Crippen LogP contribution is -1.90. The smallest absolute Gasteiger partial charge is 0.307 e. The SMILES string of the molecule is CC(=O)OC1=CC1. The van der Waals surface area contributed by atoms with Crippen molar-refractivity contribution in [3.63, 3.8) is 0 Å². The molecule has 0 spiro atoms. The van der Waals surface area contributed by atoms with Crippen molar-refractivity contribution in [1.29, 1.82) is 0 Å². The Morgan fingerprint density at radius 1 is 2.00 bits per heavy atom. The van der Waals surface area contributed by atoms with E-state index in [2.05, 4.69) is 4.74 Å². The lowest BCUT2D eigenvalue weighted by atomic mass is 10.8. The van der Waals surface area contributed by atoms with Crippen molar-refractivity contribution < 1.29 is 9.53 Å². The number of ether oxygens (including phenoxy) is 1. The van der Waals surface area contributed by atoms with E-state index >= 15 is 0 Å². The molecule has 0 unspecified atom stereocenters. The van der Waals surface area contributed by atoms with Gasteiger partial charge in [0.25, 0.3) is 0 Å². The Hall–Kier alpha value is -0.790. The fourth-order valence-corrected chi connectivity index (χ4v) is 0.310. The fraction of sp³-hybridized carbons (Fsp3) is 0.400. The normalized spacial score (nSPS) is 15.3. The van der Waals surface area contributed by atoms with Crippen molar-refractivity contribution in [1.82, 2.24) is 0 Å². The highest BCUT2D eigenvalue weighted by atomic mass is 16.5. The quantitative estimate of drug-likeness (QED) is 0.454. The molecule has 0 amide bonds. The summed E-state index contributed by atoms with van der Waals surface area (Å²) in [6, 6.07) is 0. The zero-order valence-electron chi connectivity index (χ0n) is 4.10. The molecule has 2 heteroatoms. The first-order chi connectivity index (χ1) is 3.29. The van der Waals surface area contributed by atoms with Crippen LogP contribution in [0.2, 0.25) is 0 Å². The highest BCUT2D eigenvalue weighted by Gasteiger charge is 2.09. The molecule has 0 aromatic carbocycles. The summed E-state index contributed by atoms with van der Waals surface area (Å²) in [5.41, 5.74) is 0. The van der Waals surface area contributed by atoms with Gasteiger partial charge < -0.3 is 4.74 Å². The molecule has 2 nitrogen and oxygen atoms in total. The zero-order chi connectivity index (χ0) is 5.28. The zero-order valence-corrected chi connectivity index (χ0v) is 4.10. The average molecular weight is 98.1 g/mol. The van der Waals surface area contributed by atoms with E-state index in [9.17, 15) is 4.79 Å². The largest absolute Gasteiger partial charge is 0.431 e. The standard InChI is InChI=1S/C5H6O2/c1-4(6)7-5-2-3-5/h2H,3H2,1H3. The van der Waals surface area contributed by atoms with Crippen molar-refractivity contribution >= 4 is 5.97 Å². The Morgan fingerprint density at radius 3 is 2.71 bits per heavy atom. The van der Waals surface area contributed by atoms with E-state index in [-0.39, 0.29) is 5.97 Å². The number of rotatable bonds is 1. The third-order valence-corrected chi connectivity index (χ3v) is 0.646. The summed E-state index contributed by atoms with van der Waals surface area (Å²) in [5, 5.41) is 0. The first-order valence-electron chi connectivity index (χ1n) is 2.16. The number of esters is 1. The number of hydrogen-bond acceptors (Lipinski definition) is 2. The maximum absolute atomic E-state index is 10.0. The molecule has 0 fully saturated rings. The van der Waals surface area contributed by atoms with Crippen LogP contribution in [0.5, 0.6) is 0 Å². The van der Waals surface area contributed by atoms with Crippen LogP contribution in [0.15, 0.2) is 11.8 Å². The van der Waals surface area contributed by atoms with Crippen molar-refractivity contribution in [2.75, 3.05) is 0 Å². The Labute approximate surface area is 41.8 Å². The number of allylic oxidation sites excluding steroid dienone is 2. The second kappa shape index (κ2) is 1.37. The van der Waals surface area contributed by atoms with E-state index in [4.69, 9.17) is 0 Å². The van der Waals surface area contributed by atoms with Crippen LogP contribution in [0.4, 0.5) is 0 Å². The summed E-state index contributed by atoms with van der Waals surface area (Å²) < 4.78 is 4.58. The summed E-state index contributed by atoms with van der Waals surface area (Å²) in [6.07, 6.45) is 2.72. The monoisotopic (exact) mass is 98.0 g/mol. The van der Waals surface area contributed by atoms with Gasteiger partial charge in [0.05, 0.1) is 0 Å². The van der Waals surface area contributed by atoms with Crippen molar-refractivity contribution in [2.45, 2.75) is 13.3 Å². The fourth-order valence-electron chi connectivity index (χ4n) is 0.310. The van der Waals surface area contributed by atoms with Gasteiger partial charge in [-0.15, -0.1) is 0 Å². The van der Waals surface area contributed by atoms with E-state index in [1.807, 2.05) is 6.08 Å². The Balaban J connectivity index is 2.21. The molecule has 0 aromatic rings. The van der Waals surface area contributed by atoms with Gasteiger partial charge in [0.15, 0.2) is 0 Å². The van der Waals surface area contributed by atoms with Crippen LogP contribution < -0.4 is 0 Å². The highest BCUT2D eigenvalue weighted by molar-refractivity contribution is 5.67. The predicted octanol–water partition coefficient (Wildman–Crippen LogP) is 0.837. The van der Waals surface area contributed by atoms with Gasteiger partial charge >= 0.3 is 5.97 Å². The maximum Gasteiger partial charge on any atom is 0.307 e. The molecule has 0 aliphatic heterocycles. The van der Waals surface area contributed by atoms with Gasteiger partial charge in [0.1, 0.15) is 5.76 Å². The predicted molar refractivity (Wildman–Crippen MR) is 24.5 cm³/mol. The third-order valence-electron chi connectivity index (χ3n) is 0.646. The average Bonchev–Trinajstić information content (AvgIpc) is 2.17. The van der Waals surface area contributed by atoms with Crippen molar-refractivity contribution in [3.05, 3.63) is 11.8 Å². The molecule has 0 bridgehead atoms. The summed E-state index contributed by atoms with van der Waals surface area (Å²) in [5.74, 6) is 0.594. The van der Waals surface area contributed by atoms with Gasteiger partial charge in [0, 0.05) is 13.3 Å². The van der Waals surface area contributed by atoms with Gasteiger partial charge in [0.2, 0.25) is 0 Å². The van der Waals surface area contributed by atoms with Crippen molar-refractivity contribution in [3.8, 4) is 0 Å². The van der Waals surface area contributed by atoms with Crippen LogP contribution >= 0.6 is 0 Å². The molecule has 1 aliphatic rings. The molecular weight excluding hydrogens is 92.1 g/mol. The van der Waals surface area contributed by atoms with Gasteiger partial charge in [-0.3, -0.25) is 4.79 Å². The minimum absolute atomic E-state index is 0.219. The molecule has 0 atom stereocenters. The van der Waals surface area contributed by atoms with Crippen LogP contribution in [0, 0.1) is 0 Å². The van der Waals surface area contributed by atoms with Gasteiger partial charge in [-0.2, -0.15) is 0 Å². The van der Waals surface area contributed by atoms with Crippen LogP contribution in [0.25, 0.3) is 0 Å². The maximum atomic E-state index is 10.0. The molecule has 0 N–H and O–H groups in total. The molecule has 38 valence electrons. The molecule has 0 aromatic heterocycles. The van der Waals surface area contributed by atoms with Gasteiger partial charge in [-0.1, -0.05) is 0 Å². The summed E-state index contributed by atoms with van der Waals surface area (Å²) in [7, 11) is 0. The second-order valence-electron chi connectivity index (χ2n) is 1.47. The van der Waals surface area contributed by atoms with E-state index in [0.29, 0.717) is 0 Å². The summed E-state index contributed by atoms with van der Waals surface area (Å²) >= 11 is 0. The molecule has 0 saturated heterocycles. The molecule has 1 rings (SSSR count). The second-order valence-corrected chi connectivity index (χ2v) is 1.47. The van der Waals surface area contributed by atoms with Crippen LogP contribution in [0.3, 0.4) is 0 Å². The molecular formula is C5H6O2. The lowest BCUT2D eigenvalue weighted by molar-refractivity contribution is -0.136. The van der Waals surface area contributed by atoms with Crippen molar-refractivity contribution in [2.24, 2.45) is 0 Å². The molecule has 1 aliphatic carbocycles. The first-order valence-corrected chi connectivity index (χ1v) is 2.16. The Kier molecular flexibility index (Phi) is 0.855. The topological polar surface area (TPSA) is 26.3 Å². The van der Waals surface area contributed by atoms with Gasteiger partial charge in [-0.05, 0) is 6.08 Å². The van der Waals surface area contributed by atoms with E-state index in [0.717, 1.165) is 12.2 Å². The Morgan fingerprint density at radius 2 is 2.57 bits per heavy atom. The number of hydrogen-bond donors (Lipinski definition) is 0. The Bertz CT molecular complexity index is 124. The molecule has 0 heterocycles. The minimum atomic E-state index is -0.219. The minimum Gasteiger partial charge on any atom is -0.431 e. The van der Waals surface area contributed by atoms with E-state index < -0.39 is 0 Å². The number of carbonyl (C=O) groups excluding carboxylic acids is 1. The summed E-state index contributed by atoms with van der Waals surface area (Å²) in [4.78, 5) is 10.0. The molecule has 7 heavy (non-hydrogen) atoms. The van der Waals surface area contributed by atoms with E-state index in [1.165, 1.54) is 6.92 Å². The molecule has 0 saturated carbocycles. The lowest BCUT2D eigenvalue weighted by Gasteiger charge is -1.87. The van der Waals surface area contributed by atoms with Crippen LogP contribution in [-0.4, -0.2) is 5.97 Å². The van der Waals surface area contributed by atoms with Crippen LogP contribution in [0.1, 0.15) is 13.3 Å². The van der Waals surface area contributed by atoms with Crippen LogP contribution in [-0.2, 0) is 9.53 Å².